The molecule has 2 heteroatoms. The smallest absolute Gasteiger partial charge is 0.222 e. The minimum absolute atomic E-state index is 0.339. The highest BCUT2D eigenvalue weighted by Gasteiger charge is 2.26. The van der Waals surface area contributed by atoms with E-state index in [1.807, 2.05) is 4.90 Å². The van der Waals surface area contributed by atoms with Crippen LogP contribution in [0.15, 0.2) is 0 Å². The molecule has 64 valence electrons. The highest BCUT2D eigenvalue weighted by Crippen LogP contribution is 2.17. The third kappa shape index (κ3) is 1.73. The first-order chi connectivity index (χ1) is 5.13. The molecule has 0 aromatic heterocycles. The lowest BCUT2D eigenvalue weighted by molar-refractivity contribution is -0.130. The molecule has 0 aromatic carbocycles. The van der Waals surface area contributed by atoms with Crippen LogP contribution in [0.4, 0.5) is 0 Å². The first-order valence-corrected chi connectivity index (χ1v) is 4.42. The Morgan fingerprint density at radius 1 is 1.36 bits per heavy atom. The molecule has 0 bridgehead atoms. The van der Waals surface area contributed by atoms with Gasteiger partial charge in [-0.3, -0.25) is 4.79 Å². The fourth-order valence-corrected chi connectivity index (χ4v) is 1.46. The molecule has 11 heavy (non-hydrogen) atoms. The van der Waals surface area contributed by atoms with Crippen molar-refractivity contribution in [3.63, 3.8) is 0 Å². The van der Waals surface area contributed by atoms with Crippen LogP contribution in [0.2, 0.25) is 0 Å². The summed E-state index contributed by atoms with van der Waals surface area (Å²) < 4.78 is 0. The van der Waals surface area contributed by atoms with E-state index in [4.69, 9.17) is 0 Å². The minimum Gasteiger partial charge on any atom is -0.340 e. The molecule has 1 heterocycles. The Bertz CT molecular complexity index is 154. The van der Waals surface area contributed by atoms with Gasteiger partial charge in [-0.15, -0.1) is 0 Å². The van der Waals surface area contributed by atoms with Crippen LogP contribution in [0, 0.1) is 5.92 Å². The Morgan fingerprint density at radius 2 is 2.00 bits per heavy atom. The number of likely N-dealkylation sites (tertiary alicyclic amines) is 1. The van der Waals surface area contributed by atoms with Gasteiger partial charge in [0.1, 0.15) is 0 Å². The third-order valence-electron chi connectivity index (χ3n) is 2.57. The molecule has 1 aliphatic heterocycles. The van der Waals surface area contributed by atoms with Gasteiger partial charge < -0.3 is 4.90 Å². The van der Waals surface area contributed by atoms with Crippen LogP contribution in [0.1, 0.15) is 33.6 Å². The van der Waals surface area contributed by atoms with E-state index in [2.05, 4.69) is 20.8 Å². The molecule has 1 rings (SSSR count). The average molecular weight is 155 g/mol. The molecule has 1 aliphatic rings. The molecule has 0 aliphatic carbocycles. The minimum atomic E-state index is 0.339. The lowest BCUT2D eigenvalue weighted by Gasteiger charge is -2.27. The third-order valence-corrected chi connectivity index (χ3v) is 2.57. The van der Waals surface area contributed by atoms with Gasteiger partial charge in [0.15, 0.2) is 0 Å². The molecular formula is C9H17NO. The summed E-state index contributed by atoms with van der Waals surface area (Å²) in [6.45, 7) is 7.43. The number of nitrogens with zero attached hydrogens (tertiary/aromatic N) is 1. The molecule has 0 radical (unpaired) electrons. The second kappa shape index (κ2) is 3.24. The lowest BCUT2D eigenvalue weighted by Crippen LogP contribution is -2.37. The van der Waals surface area contributed by atoms with E-state index in [9.17, 15) is 4.79 Å². The fraction of sp³-hybridized carbons (Fsp3) is 0.889. The SMILES string of the molecule is CC(C)[C@H](C)N1CCCC1=O. The fourth-order valence-electron chi connectivity index (χ4n) is 1.46. The van der Waals surface area contributed by atoms with Gasteiger partial charge in [0.25, 0.3) is 0 Å². The van der Waals surface area contributed by atoms with E-state index < -0.39 is 0 Å². The molecule has 2 nitrogen and oxygen atoms in total. The number of rotatable bonds is 2. The Morgan fingerprint density at radius 3 is 2.36 bits per heavy atom. The largest absolute Gasteiger partial charge is 0.340 e. The van der Waals surface area contributed by atoms with Crippen LogP contribution >= 0.6 is 0 Å². The second-order valence-electron chi connectivity index (χ2n) is 3.68. The van der Waals surface area contributed by atoms with Gasteiger partial charge in [-0.05, 0) is 19.3 Å². The number of amides is 1. The first kappa shape index (κ1) is 8.57. The van der Waals surface area contributed by atoms with Crippen molar-refractivity contribution < 1.29 is 4.79 Å². The van der Waals surface area contributed by atoms with Crippen LogP contribution in [0.5, 0.6) is 0 Å². The summed E-state index contributed by atoms with van der Waals surface area (Å²) in [6.07, 6.45) is 1.81. The van der Waals surface area contributed by atoms with Gasteiger partial charge in [0, 0.05) is 19.0 Å². The normalized spacial score (nSPS) is 21.5. The quantitative estimate of drug-likeness (QED) is 0.594. The van der Waals surface area contributed by atoms with Gasteiger partial charge in [-0.2, -0.15) is 0 Å². The Hall–Kier alpha value is -0.530. The number of hydrogen-bond acceptors (Lipinski definition) is 1. The molecule has 1 amide bonds. The number of carbonyl (C=O) groups is 1. The summed E-state index contributed by atoms with van der Waals surface area (Å²) in [4.78, 5) is 13.3. The average Bonchev–Trinajstić information content (AvgIpc) is 2.33. The van der Waals surface area contributed by atoms with Crippen LogP contribution in [0.25, 0.3) is 0 Å². The second-order valence-corrected chi connectivity index (χ2v) is 3.68. The van der Waals surface area contributed by atoms with Crippen molar-refractivity contribution in [3.05, 3.63) is 0 Å². The van der Waals surface area contributed by atoms with E-state index >= 15 is 0 Å². The van der Waals surface area contributed by atoms with Crippen molar-refractivity contribution in [1.82, 2.24) is 4.90 Å². The monoisotopic (exact) mass is 155 g/mol. The van der Waals surface area contributed by atoms with Crippen molar-refractivity contribution in [2.45, 2.75) is 39.7 Å². The van der Waals surface area contributed by atoms with Gasteiger partial charge in [-0.25, -0.2) is 0 Å². The molecular weight excluding hydrogens is 138 g/mol. The maximum atomic E-state index is 11.2. The standard InChI is InChI=1S/C9H17NO/c1-7(2)8(3)10-6-4-5-9(10)11/h7-8H,4-6H2,1-3H3/t8-/m0/s1. The summed E-state index contributed by atoms with van der Waals surface area (Å²) >= 11 is 0. The molecule has 1 saturated heterocycles. The predicted molar refractivity (Wildman–Crippen MR) is 45.2 cm³/mol. The maximum Gasteiger partial charge on any atom is 0.222 e. The van der Waals surface area contributed by atoms with E-state index in [1.165, 1.54) is 0 Å². The number of carbonyl (C=O) groups excluding carboxylic acids is 1. The van der Waals surface area contributed by atoms with Crippen molar-refractivity contribution in [2.24, 2.45) is 5.92 Å². The molecule has 0 saturated carbocycles. The Kier molecular flexibility index (Phi) is 2.53. The Balaban J connectivity index is 2.52. The zero-order valence-electron chi connectivity index (χ0n) is 7.63. The highest BCUT2D eigenvalue weighted by atomic mass is 16.2. The Labute approximate surface area is 68.6 Å². The first-order valence-electron chi connectivity index (χ1n) is 4.42. The zero-order chi connectivity index (χ0) is 8.43. The van der Waals surface area contributed by atoms with E-state index in [1.54, 1.807) is 0 Å². The predicted octanol–water partition coefficient (Wildman–Crippen LogP) is 1.65. The molecule has 0 unspecified atom stereocenters. The van der Waals surface area contributed by atoms with Gasteiger partial charge in [0.05, 0.1) is 0 Å². The molecule has 1 atom stereocenters. The topological polar surface area (TPSA) is 20.3 Å². The van der Waals surface area contributed by atoms with Crippen molar-refractivity contribution >= 4 is 5.91 Å². The summed E-state index contributed by atoms with van der Waals surface area (Å²) in [5, 5.41) is 0. The number of hydrogen-bond donors (Lipinski definition) is 0. The van der Waals surface area contributed by atoms with Crippen molar-refractivity contribution in [2.75, 3.05) is 6.54 Å². The van der Waals surface area contributed by atoms with Crippen molar-refractivity contribution in [1.29, 1.82) is 0 Å². The summed E-state index contributed by atoms with van der Waals surface area (Å²) in [7, 11) is 0. The maximum absolute atomic E-state index is 11.2. The van der Waals surface area contributed by atoms with E-state index in [-0.39, 0.29) is 0 Å². The van der Waals surface area contributed by atoms with Crippen LogP contribution in [-0.2, 0) is 4.79 Å². The molecule has 0 spiro atoms. The lowest BCUT2D eigenvalue weighted by atomic mass is 10.1. The summed E-state index contributed by atoms with van der Waals surface area (Å²) in [6, 6.07) is 0.421. The molecule has 0 aromatic rings. The molecule has 0 N–H and O–H groups in total. The van der Waals surface area contributed by atoms with Gasteiger partial charge in [-0.1, -0.05) is 13.8 Å². The van der Waals surface area contributed by atoms with Gasteiger partial charge in [0.2, 0.25) is 5.91 Å². The van der Waals surface area contributed by atoms with Gasteiger partial charge >= 0.3 is 0 Å². The van der Waals surface area contributed by atoms with Crippen molar-refractivity contribution in [3.8, 4) is 0 Å². The van der Waals surface area contributed by atoms with Crippen LogP contribution < -0.4 is 0 Å². The van der Waals surface area contributed by atoms with Crippen LogP contribution in [0.3, 0.4) is 0 Å². The summed E-state index contributed by atoms with van der Waals surface area (Å²) in [5.74, 6) is 0.920. The van der Waals surface area contributed by atoms with E-state index in [0.29, 0.717) is 17.9 Å². The van der Waals surface area contributed by atoms with Crippen LogP contribution in [-0.4, -0.2) is 23.4 Å². The summed E-state index contributed by atoms with van der Waals surface area (Å²) in [5.41, 5.74) is 0. The zero-order valence-corrected chi connectivity index (χ0v) is 7.63. The molecule has 1 fully saturated rings. The van der Waals surface area contributed by atoms with E-state index in [0.717, 1.165) is 19.4 Å². The highest BCUT2D eigenvalue weighted by molar-refractivity contribution is 5.78.